The number of nitrogens with zero attached hydrogens (tertiary/aromatic N) is 2. The Morgan fingerprint density at radius 2 is 2.04 bits per heavy atom. The van der Waals surface area contributed by atoms with Gasteiger partial charge in [0.1, 0.15) is 11.5 Å². The van der Waals surface area contributed by atoms with Crippen molar-refractivity contribution < 1.29 is 13.3 Å². The lowest BCUT2D eigenvalue weighted by molar-refractivity contribution is 0.428. The van der Waals surface area contributed by atoms with E-state index >= 15 is 4.39 Å². The molecule has 1 aliphatic heterocycles. The second-order valence-corrected chi connectivity index (χ2v) is 7.28. The van der Waals surface area contributed by atoms with E-state index in [0.717, 1.165) is 25.3 Å². The normalized spacial score (nSPS) is 20.3. The molecule has 2 aromatic heterocycles. The van der Waals surface area contributed by atoms with Crippen LogP contribution in [0.3, 0.4) is 0 Å². The number of halogens is 2. The van der Waals surface area contributed by atoms with Gasteiger partial charge in [0.05, 0.1) is 10.9 Å². The standard InChI is InChI=1S/C18H18F2N4O3/c1-21-8-4-5-23(7-8)15-11(19)6-10-14(13(15)20)24(9-2-3-9)18-12(16(10)25)17(26)22-27-18/h6,8-9,21H,2-5,7H2,1H3,(H,22,26). The Balaban J connectivity index is 1.86. The third kappa shape index (κ3) is 2.27. The van der Waals surface area contributed by atoms with Crippen LogP contribution in [0.4, 0.5) is 14.5 Å². The fourth-order valence-corrected chi connectivity index (χ4v) is 4.08. The monoisotopic (exact) mass is 376 g/mol. The average Bonchev–Trinajstić information content (AvgIpc) is 3.24. The van der Waals surface area contributed by atoms with Crippen molar-refractivity contribution in [3.63, 3.8) is 0 Å². The number of benzene rings is 1. The Labute approximate surface area is 151 Å². The van der Waals surface area contributed by atoms with Gasteiger partial charge in [-0.1, -0.05) is 0 Å². The Morgan fingerprint density at radius 1 is 1.26 bits per heavy atom. The summed E-state index contributed by atoms with van der Waals surface area (Å²) in [7, 11) is 1.82. The quantitative estimate of drug-likeness (QED) is 0.729. The fourth-order valence-electron chi connectivity index (χ4n) is 4.08. The third-order valence-electron chi connectivity index (χ3n) is 5.61. The van der Waals surface area contributed by atoms with Gasteiger partial charge in [-0.05, 0) is 32.4 Å². The van der Waals surface area contributed by atoms with E-state index in [2.05, 4.69) is 10.5 Å². The van der Waals surface area contributed by atoms with Crippen molar-refractivity contribution in [2.75, 3.05) is 25.0 Å². The van der Waals surface area contributed by atoms with E-state index in [1.165, 1.54) is 4.57 Å². The van der Waals surface area contributed by atoms with Crippen LogP contribution in [-0.4, -0.2) is 35.9 Å². The van der Waals surface area contributed by atoms with Crippen LogP contribution >= 0.6 is 0 Å². The van der Waals surface area contributed by atoms with Gasteiger partial charge in [0.25, 0.3) is 5.56 Å². The minimum Gasteiger partial charge on any atom is -0.365 e. The number of anilines is 1. The van der Waals surface area contributed by atoms with Crippen molar-refractivity contribution in [3.8, 4) is 0 Å². The SMILES string of the molecule is CNC1CCN(c2c(F)cc3c(=O)c4c(=O)[nH]oc4n(C4CC4)c3c2F)C1. The summed E-state index contributed by atoms with van der Waals surface area (Å²) in [6.07, 6.45) is 2.33. The lowest BCUT2D eigenvalue weighted by Crippen LogP contribution is -2.30. The number of hydrogen-bond acceptors (Lipinski definition) is 5. The largest absolute Gasteiger partial charge is 0.365 e. The Hall–Kier alpha value is -2.68. The van der Waals surface area contributed by atoms with Gasteiger partial charge < -0.3 is 19.3 Å². The van der Waals surface area contributed by atoms with E-state index in [0.29, 0.717) is 13.1 Å². The molecule has 3 heterocycles. The first-order chi connectivity index (χ1) is 13.0. The number of rotatable bonds is 3. The van der Waals surface area contributed by atoms with Crippen LogP contribution < -0.4 is 21.2 Å². The van der Waals surface area contributed by atoms with Crippen LogP contribution in [-0.2, 0) is 0 Å². The zero-order valence-electron chi connectivity index (χ0n) is 14.6. The lowest BCUT2D eigenvalue weighted by Gasteiger charge is -2.22. The van der Waals surface area contributed by atoms with Crippen LogP contribution in [0.1, 0.15) is 25.3 Å². The van der Waals surface area contributed by atoms with E-state index in [-0.39, 0.29) is 39.8 Å². The predicted molar refractivity (Wildman–Crippen MR) is 96.5 cm³/mol. The van der Waals surface area contributed by atoms with Crippen molar-refractivity contribution in [1.82, 2.24) is 15.0 Å². The minimum atomic E-state index is -0.796. The average molecular weight is 376 g/mol. The maximum absolute atomic E-state index is 15.6. The molecule has 2 fully saturated rings. The summed E-state index contributed by atoms with van der Waals surface area (Å²) in [6, 6.07) is 1.12. The second kappa shape index (κ2) is 5.66. The molecule has 0 radical (unpaired) electrons. The Bertz CT molecular complexity index is 1190. The number of pyridine rings is 1. The molecule has 0 amide bonds. The zero-order chi connectivity index (χ0) is 18.9. The summed E-state index contributed by atoms with van der Waals surface area (Å²) in [5, 5.41) is 4.93. The fraction of sp³-hybridized carbons (Fsp3) is 0.444. The molecular formula is C18H18F2N4O3. The molecule has 1 atom stereocenters. The van der Waals surface area contributed by atoms with Crippen molar-refractivity contribution in [2.24, 2.45) is 0 Å². The molecule has 1 aliphatic carbocycles. The van der Waals surface area contributed by atoms with Gasteiger partial charge in [0.15, 0.2) is 11.2 Å². The molecule has 142 valence electrons. The molecule has 5 rings (SSSR count). The molecule has 1 aromatic carbocycles. The van der Waals surface area contributed by atoms with Crippen LogP contribution in [0.5, 0.6) is 0 Å². The summed E-state index contributed by atoms with van der Waals surface area (Å²) in [5.41, 5.74) is -1.52. The van der Waals surface area contributed by atoms with Crippen LogP contribution in [0.2, 0.25) is 0 Å². The van der Waals surface area contributed by atoms with Gasteiger partial charge in [0, 0.05) is 25.2 Å². The van der Waals surface area contributed by atoms with Gasteiger partial charge in [-0.25, -0.2) is 8.78 Å². The molecule has 9 heteroatoms. The molecule has 0 bridgehead atoms. The first kappa shape index (κ1) is 16.5. The number of fused-ring (bicyclic) bond motifs is 2. The van der Waals surface area contributed by atoms with Crippen molar-refractivity contribution >= 4 is 27.7 Å². The van der Waals surface area contributed by atoms with Crippen molar-refractivity contribution in [1.29, 1.82) is 0 Å². The summed E-state index contributed by atoms with van der Waals surface area (Å²) in [4.78, 5) is 26.4. The van der Waals surface area contributed by atoms with E-state index in [9.17, 15) is 14.0 Å². The molecule has 1 saturated heterocycles. The zero-order valence-corrected chi connectivity index (χ0v) is 14.6. The maximum atomic E-state index is 15.6. The predicted octanol–water partition coefficient (Wildman–Crippen LogP) is 1.85. The number of likely N-dealkylation sites (N-methyl/N-ethyl adjacent to an activating group) is 1. The summed E-state index contributed by atoms with van der Waals surface area (Å²) in [6.45, 7) is 0.991. The van der Waals surface area contributed by atoms with Gasteiger partial charge >= 0.3 is 0 Å². The Morgan fingerprint density at radius 3 is 2.70 bits per heavy atom. The van der Waals surface area contributed by atoms with E-state index in [1.807, 2.05) is 7.05 Å². The molecule has 2 aliphatic rings. The maximum Gasteiger partial charge on any atom is 0.293 e. The molecule has 2 N–H and O–H groups in total. The van der Waals surface area contributed by atoms with Crippen molar-refractivity contribution in [3.05, 3.63) is 38.3 Å². The Kier molecular flexibility index (Phi) is 3.45. The molecule has 3 aromatic rings. The summed E-state index contributed by atoms with van der Waals surface area (Å²) >= 11 is 0. The highest BCUT2D eigenvalue weighted by molar-refractivity contribution is 5.93. The van der Waals surface area contributed by atoms with E-state index < -0.39 is 22.6 Å². The highest BCUT2D eigenvalue weighted by Gasteiger charge is 2.34. The van der Waals surface area contributed by atoms with Crippen LogP contribution in [0.15, 0.2) is 20.2 Å². The second-order valence-electron chi connectivity index (χ2n) is 7.28. The molecule has 1 saturated carbocycles. The molecule has 7 nitrogen and oxygen atoms in total. The number of hydrogen-bond donors (Lipinski definition) is 2. The first-order valence-electron chi connectivity index (χ1n) is 9.00. The number of H-pyrrole nitrogens is 1. The van der Waals surface area contributed by atoms with Crippen molar-refractivity contribution in [2.45, 2.75) is 31.3 Å². The van der Waals surface area contributed by atoms with Gasteiger partial charge in [-0.15, -0.1) is 0 Å². The molecule has 27 heavy (non-hydrogen) atoms. The van der Waals surface area contributed by atoms with E-state index in [1.54, 1.807) is 4.90 Å². The topological polar surface area (TPSA) is 83.3 Å². The van der Waals surface area contributed by atoms with Crippen LogP contribution in [0, 0.1) is 11.6 Å². The van der Waals surface area contributed by atoms with Gasteiger partial charge in [0.2, 0.25) is 11.1 Å². The lowest BCUT2D eigenvalue weighted by atomic mass is 10.1. The summed E-state index contributed by atoms with van der Waals surface area (Å²) in [5.74, 6) is -1.58. The first-order valence-corrected chi connectivity index (χ1v) is 9.00. The molecule has 0 spiro atoms. The molecule has 1 unspecified atom stereocenters. The van der Waals surface area contributed by atoms with Gasteiger partial charge in [-0.2, -0.15) is 5.16 Å². The van der Waals surface area contributed by atoms with Gasteiger partial charge in [-0.3, -0.25) is 9.59 Å². The van der Waals surface area contributed by atoms with E-state index in [4.69, 9.17) is 4.52 Å². The van der Waals surface area contributed by atoms with Crippen LogP contribution in [0.25, 0.3) is 22.0 Å². The highest BCUT2D eigenvalue weighted by atomic mass is 19.1. The molecular weight excluding hydrogens is 358 g/mol. The number of nitrogens with one attached hydrogen (secondary N) is 2. The smallest absolute Gasteiger partial charge is 0.293 e. The third-order valence-corrected chi connectivity index (χ3v) is 5.61. The highest BCUT2D eigenvalue weighted by Crippen LogP contribution is 2.41. The summed E-state index contributed by atoms with van der Waals surface area (Å²) < 4.78 is 37.2. The number of aromatic nitrogens is 2. The minimum absolute atomic E-state index is 0.00191. The number of aromatic amines is 1.